The zero-order valence-electron chi connectivity index (χ0n) is 13.0. The first-order valence-corrected chi connectivity index (χ1v) is 8.26. The SMILES string of the molecule is CCCNCc1sc(C(CC)(CC)OCC)nc1C. The Bertz CT molecular complexity index is 372. The van der Waals surface area contributed by atoms with Crippen LogP contribution in [0.4, 0.5) is 0 Å². The van der Waals surface area contributed by atoms with E-state index >= 15 is 0 Å². The van der Waals surface area contributed by atoms with Gasteiger partial charge in [0.2, 0.25) is 0 Å². The molecule has 4 heteroatoms. The Morgan fingerprint density at radius 1 is 1.21 bits per heavy atom. The van der Waals surface area contributed by atoms with E-state index in [2.05, 4.69) is 39.9 Å². The summed E-state index contributed by atoms with van der Waals surface area (Å²) in [4.78, 5) is 6.12. The van der Waals surface area contributed by atoms with Gasteiger partial charge in [-0.2, -0.15) is 0 Å². The van der Waals surface area contributed by atoms with Crippen LogP contribution in [0.2, 0.25) is 0 Å². The van der Waals surface area contributed by atoms with Crippen LogP contribution in [0.15, 0.2) is 0 Å². The molecule has 3 nitrogen and oxygen atoms in total. The van der Waals surface area contributed by atoms with Crippen LogP contribution in [0.5, 0.6) is 0 Å². The first-order chi connectivity index (χ1) is 9.13. The van der Waals surface area contributed by atoms with Crippen LogP contribution in [0.25, 0.3) is 0 Å². The summed E-state index contributed by atoms with van der Waals surface area (Å²) >= 11 is 1.81. The van der Waals surface area contributed by atoms with Gasteiger partial charge in [0.1, 0.15) is 10.6 Å². The third kappa shape index (κ3) is 4.01. The molecule has 1 aromatic rings. The predicted molar refractivity (Wildman–Crippen MR) is 82.7 cm³/mol. The number of hydrogen-bond acceptors (Lipinski definition) is 4. The molecule has 0 aliphatic rings. The second-order valence-corrected chi connectivity index (χ2v) is 5.92. The zero-order chi connectivity index (χ0) is 14.3. The van der Waals surface area contributed by atoms with Gasteiger partial charge in [-0.25, -0.2) is 4.98 Å². The lowest BCUT2D eigenvalue weighted by atomic mass is 9.98. The second kappa shape index (κ2) is 7.98. The molecular weight excluding hydrogens is 256 g/mol. The Kier molecular flexibility index (Phi) is 6.97. The van der Waals surface area contributed by atoms with Gasteiger partial charge in [-0.05, 0) is 39.7 Å². The molecule has 1 aromatic heterocycles. The van der Waals surface area contributed by atoms with Crippen LogP contribution in [-0.2, 0) is 16.9 Å². The van der Waals surface area contributed by atoms with E-state index in [-0.39, 0.29) is 5.60 Å². The Labute approximate surface area is 121 Å². The number of thiazole rings is 1. The second-order valence-electron chi connectivity index (χ2n) is 4.84. The van der Waals surface area contributed by atoms with Crippen molar-refractivity contribution >= 4 is 11.3 Å². The number of aromatic nitrogens is 1. The van der Waals surface area contributed by atoms with Crippen molar-refractivity contribution in [3.8, 4) is 0 Å². The summed E-state index contributed by atoms with van der Waals surface area (Å²) in [7, 11) is 0. The van der Waals surface area contributed by atoms with E-state index in [1.165, 1.54) is 4.88 Å². The number of hydrogen-bond donors (Lipinski definition) is 1. The minimum atomic E-state index is -0.187. The third-order valence-electron chi connectivity index (χ3n) is 3.56. The molecule has 0 amide bonds. The van der Waals surface area contributed by atoms with Crippen molar-refractivity contribution in [1.82, 2.24) is 10.3 Å². The molecule has 0 saturated heterocycles. The molecule has 0 atom stereocenters. The first-order valence-electron chi connectivity index (χ1n) is 7.44. The topological polar surface area (TPSA) is 34.1 Å². The lowest BCUT2D eigenvalue weighted by Crippen LogP contribution is -2.28. The minimum Gasteiger partial charge on any atom is -0.368 e. The van der Waals surface area contributed by atoms with Crippen molar-refractivity contribution in [1.29, 1.82) is 0 Å². The largest absolute Gasteiger partial charge is 0.368 e. The summed E-state index contributed by atoms with van der Waals surface area (Å²) in [6.07, 6.45) is 3.12. The summed E-state index contributed by atoms with van der Waals surface area (Å²) in [5, 5.41) is 4.60. The number of nitrogens with one attached hydrogen (secondary N) is 1. The van der Waals surface area contributed by atoms with Gasteiger partial charge in [0.05, 0.1) is 5.69 Å². The average Bonchev–Trinajstić information content (AvgIpc) is 2.78. The Morgan fingerprint density at radius 2 is 1.89 bits per heavy atom. The molecule has 0 unspecified atom stereocenters. The third-order valence-corrected chi connectivity index (χ3v) is 4.90. The van der Waals surface area contributed by atoms with Crippen molar-refractivity contribution in [3.63, 3.8) is 0 Å². The molecule has 0 fully saturated rings. The molecule has 0 aromatic carbocycles. The lowest BCUT2D eigenvalue weighted by Gasteiger charge is -2.29. The average molecular weight is 284 g/mol. The molecule has 0 saturated carbocycles. The van der Waals surface area contributed by atoms with Crippen molar-refractivity contribution in [2.24, 2.45) is 0 Å². The molecule has 0 aliphatic heterocycles. The smallest absolute Gasteiger partial charge is 0.125 e. The molecule has 1 N–H and O–H groups in total. The molecule has 0 spiro atoms. The van der Waals surface area contributed by atoms with E-state index in [0.29, 0.717) is 0 Å². The lowest BCUT2D eigenvalue weighted by molar-refractivity contribution is -0.0507. The van der Waals surface area contributed by atoms with Gasteiger partial charge in [-0.3, -0.25) is 0 Å². The highest BCUT2D eigenvalue weighted by atomic mass is 32.1. The summed E-state index contributed by atoms with van der Waals surface area (Å²) < 4.78 is 6.04. The van der Waals surface area contributed by atoms with Gasteiger partial charge in [0.25, 0.3) is 0 Å². The maximum atomic E-state index is 6.04. The van der Waals surface area contributed by atoms with Gasteiger partial charge >= 0.3 is 0 Å². The van der Waals surface area contributed by atoms with Crippen molar-refractivity contribution < 1.29 is 4.74 Å². The van der Waals surface area contributed by atoms with Gasteiger partial charge in [-0.15, -0.1) is 11.3 Å². The molecule has 0 radical (unpaired) electrons. The fourth-order valence-corrected chi connectivity index (χ4v) is 3.58. The quantitative estimate of drug-likeness (QED) is 0.696. The van der Waals surface area contributed by atoms with E-state index in [9.17, 15) is 0 Å². The minimum absolute atomic E-state index is 0.187. The molecular formula is C15H28N2OS. The number of nitrogens with zero attached hydrogens (tertiary/aromatic N) is 1. The summed E-state index contributed by atoms with van der Waals surface area (Å²) in [6.45, 7) is 13.4. The van der Waals surface area contributed by atoms with E-state index in [0.717, 1.165) is 49.7 Å². The summed E-state index contributed by atoms with van der Waals surface area (Å²) in [5.74, 6) is 0. The Hall–Kier alpha value is -0.450. The Balaban J connectivity index is 2.90. The highest BCUT2D eigenvalue weighted by molar-refractivity contribution is 7.11. The maximum absolute atomic E-state index is 6.04. The van der Waals surface area contributed by atoms with Crippen LogP contribution in [0.3, 0.4) is 0 Å². The summed E-state index contributed by atoms with van der Waals surface area (Å²) in [6, 6.07) is 0. The normalized spacial score (nSPS) is 12.1. The van der Waals surface area contributed by atoms with E-state index < -0.39 is 0 Å². The molecule has 19 heavy (non-hydrogen) atoms. The molecule has 0 aliphatic carbocycles. The van der Waals surface area contributed by atoms with Crippen molar-refractivity contribution in [2.75, 3.05) is 13.2 Å². The van der Waals surface area contributed by atoms with Gasteiger partial charge in [-0.1, -0.05) is 20.8 Å². The molecule has 1 rings (SSSR count). The van der Waals surface area contributed by atoms with Crippen LogP contribution >= 0.6 is 11.3 Å². The van der Waals surface area contributed by atoms with Crippen LogP contribution in [0, 0.1) is 6.92 Å². The number of aryl methyl sites for hydroxylation is 1. The van der Waals surface area contributed by atoms with E-state index in [4.69, 9.17) is 9.72 Å². The monoisotopic (exact) mass is 284 g/mol. The molecule has 1 heterocycles. The maximum Gasteiger partial charge on any atom is 0.125 e. The van der Waals surface area contributed by atoms with Gasteiger partial charge in [0.15, 0.2) is 0 Å². The fourth-order valence-electron chi connectivity index (χ4n) is 2.26. The number of rotatable bonds is 9. The van der Waals surface area contributed by atoms with E-state index in [1.54, 1.807) is 0 Å². The van der Waals surface area contributed by atoms with Crippen LogP contribution in [0.1, 0.15) is 62.5 Å². The Morgan fingerprint density at radius 3 is 2.42 bits per heavy atom. The van der Waals surface area contributed by atoms with E-state index in [1.807, 2.05) is 11.3 Å². The first kappa shape index (κ1) is 16.6. The summed E-state index contributed by atoms with van der Waals surface area (Å²) in [5.41, 5.74) is 0.960. The fraction of sp³-hybridized carbons (Fsp3) is 0.800. The standard InChI is InChI=1S/C15H28N2OS/c1-6-10-16-11-13-12(5)17-14(19-13)15(7-2,8-3)18-9-4/h16H,6-11H2,1-5H3. The number of ether oxygens (including phenoxy) is 1. The highest BCUT2D eigenvalue weighted by Crippen LogP contribution is 2.36. The molecule has 0 bridgehead atoms. The molecule has 110 valence electrons. The highest BCUT2D eigenvalue weighted by Gasteiger charge is 2.33. The zero-order valence-corrected chi connectivity index (χ0v) is 13.8. The van der Waals surface area contributed by atoms with Crippen molar-refractivity contribution in [2.45, 2.75) is 66.0 Å². The van der Waals surface area contributed by atoms with Crippen LogP contribution < -0.4 is 5.32 Å². The van der Waals surface area contributed by atoms with Gasteiger partial charge in [0, 0.05) is 18.0 Å². The predicted octanol–water partition coefficient (Wildman–Crippen LogP) is 4.00. The van der Waals surface area contributed by atoms with Crippen LogP contribution in [-0.4, -0.2) is 18.1 Å². The van der Waals surface area contributed by atoms with Crippen molar-refractivity contribution in [3.05, 3.63) is 15.6 Å². The van der Waals surface area contributed by atoms with Gasteiger partial charge < -0.3 is 10.1 Å².